The van der Waals surface area contributed by atoms with E-state index in [0.717, 1.165) is 4.57 Å². The molecule has 0 bridgehead atoms. The average Bonchev–Trinajstić information content (AvgIpc) is 3.07. The minimum Gasteiger partial charge on any atom is -0.461 e. The van der Waals surface area contributed by atoms with Crippen LogP contribution in [-0.4, -0.2) is 40.7 Å². The summed E-state index contributed by atoms with van der Waals surface area (Å²) in [7, 11) is 0. The number of nitrogens with one attached hydrogen (secondary N) is 1. The largest absolute Gasteiger partial charge is 0.461 e. The van der Waals surface area contributed by atoms with Crippen molar-refractivity contribution in [2.45, 2.75) is 52.7 Å². The third-order valence-electron chi connectivity index (χ3n) is 5.01. The Balaban J connectivity index is 2.15. The number of fused-ring (bicyclic) bond motifs is 1. The Hall–Kier alpha value is -3.03. The number of ether oxygens (including phenoxy) is 2. The Morgan fingerprint density at radius 3 is 2.34 bits per heavy atom. The summed E-state index contributed by atoms with van der Waals surface area (Å²) < 4.78 is 12.0. The van der Waals surface area contributed by atoms with E-state index in [9.17, 15) is 14.4 Å². The molecule has 1 aromatic heterocycles. The lowest BCUT2D eigenvalue weighted by molar-refractivity contribution is 0.0455. The quantitative estimate of drug-likeness (QED) is 0.268. The van der Waals surface area contributed by atoms with Gasteiger partial charge in [-0.2, -0.15) is 0 Å². The highest BCUT2D eigenvalue weighted by molar-refractivity contribution is 6.40. The number of anilines is 1. The van der Waals surface area contributed by atoms with E-state index in [4.69, 9.17) is 32.7 Å². The van der Waals surface area contributed by atoms with Gasteiger partial charge in [-0.1, -0.05) is 53.5 Å². The number of benzene rings is 2. The van der Waals surface area contributed by atoms with Gasteiger partial charge in [0.2, 0.25) is 0 Å². The van der Waals surface area contributed by atoms with Gasteiger partial charge in [0.15, 0.2) is 11.5 Å². The number of rotatable bonds is 7. The van der Waals surface area contributed by atoms with Crippen molar-refractivity contribution in [2.75, 3.05) is 11.9 Å². The Morgan fingerprint density at radius 2 is 1.74 bits per heavy atom. The maximum Gasteiger partial charge on any atom is 0.419 e. The molecule has 0 saturated heterocycles. The number of Topliss-reactive ketones (excluding diaryl/α,β-unsaturated/α-hetero) is 1. The fourth-order valence-electron chi connectivity index (χ4n) is 3.68. The first kappa shape index (κ1) is 26.6. The Morgan fingerprint density at radius 1 is 1.09 bits per heavy atom. The van der Waals surface area contributed by atoms with E-state index in [1.165, 1.54) is 12.1 Å². The molecule has 0 radical (unpaired) electrons. The zero-order valence-electron chi connectivity index (χ0n) is 20.3. The Kier molecular flexibility index (Phi) is 8.13. The molecule has 0 amide bonds. The van der Waals surface area contributed by atoms with Gasteiger partial charge in [0.25, 0.3) is 0 Å². The number of nitrogens with zero attached hydrogens (tertiary/aromatic N) is 1. The van der Waals surface area contributed by atoms with Gasteiger partial charge in [-0.15, -0.1) is 0 Å². The van der Waals surface area contributed by atoms with Gasteiger partial charge in [-0.25, -0.2) is 14.2 Å². The van der Waals surface area contributed by atoms with E-state index in [0.29, 0.717) is 10.9 Å². The number of hydrogen-bond acceptors (Lipinski definition) is 6. The highest BCUT2D eigenvalue weighted by atomic mass is 35.5. The molecule has 2 aromatic carbocycles. The first-order chi connectivity index (χ1) is 16.4. The summed E-state index contributed by atoms with van der Waals surface area (Å²) in [6.07, 6.45) is -0.652. The monoisotopic (exact) mass is 518 g/mol. The van der Waals surface area contributed by atoms with E-state index >= 15 is 0 Å². The highest BCUT2D eigenvalue weighted by Crippen LogP contribution is 2.39. The van der Waals surface area contributed by atoms with Gasteiger partial charge >= 0.3 is 12.1 Å². The lowest BCUT2D eigenvalue weighted by atomic mass is 10.0. The molecule has 0 aliphatic heterocycles. The molecule has 0 fully saturated rings. The smallest absolute Gasteiger partial charge is 0.419 e. The normalized spacial score (nSPS) is 12.3. The molecule has 0 saturated carbocycles. The lowest BCUT2D eigenvalue weighted by Gasteiger charge is -2.21. The van der Waals surface area contributed by atoms with Gasteiger partial charge in [0, 0.05) is 28.4 Å². The van der Waals surface area contributed by atoms with Crippen LogP contribution >= 0.6 is 23.2 Å². The summed E-state index contributed by atoms with van der Waals surface area (Å²) in [4.78, 5) is 39.1. The molecule has 9 heteroatoms. The fourth-order valence-corrected chi connectivity index (χ4v) is 4.26. The van der Waals surface area contributed by atoms with Crippen molar-refractivity contribution in [1.29, 1.82) is 0 Å². The van der Waals surface area contributed by atoms with Gasteiger partial charge in [-0.3, -0.25) is 4.79 Å². The van der Waals surface area contributed by atoms with E-state index in [1.807, 2.05) is 6.07 Å². The minimum absolute atomic E-state index is 0.0756. The molecule has 3 aromatic rings. The molecule has 0 aliphatic carbocycles. The number of esters is 1. The molecular formula is C26H28Cl2N2O5. The van der Waals surface area contributed by atoms with E-state index in [2.05, 4.69) is 5.32 Å². The zero-order valence-corrected chi connectivity index (χ0v) is 21.8. The summed E-state index contributed by atoms with van der Waals surface area (Å²) in [6, 6.07) is 11.5. The third-order valence-corrected chi connectivity index (χ3v) is 5.52. The molecule has 1 N–H and O–H groups in total. The molecule has 1 heterocycles. The molecule has 0 aliphatic rings. The zero-order chi connectivity index (χ0) is 25.9. The third kappa shape index (κ3) is 6.16. The van der Waals surface area contributed by atoms with Crippen LogP contribution < -0.4 is 5.32 Å². The second-order valence-electron chi connectivity index (χ2n) is 9.08. The summed E-state index contributed by atoms with van der Waals surface area (Å²) in [6.45, 7) is 8.71. The van der Waals surface area contributed by atoms with Crippen LogP contribution in [0.5, 0.6) is 0 Å². The first-order valence-electron chi connectivity index (χ1n) is 11.2. The highest BCUT2D eigenvalue weighted by Gasteiger charge is 2.32. The van der Waals surface area contributed by atoms with E-state index in [1.54, 1.807) is 58.9 Å². The SMILES string of the molecule is CCOC(=O)c1c(NC(C)CC(=O)c2ccccc2)c2c(Cl)cc(Cl)cc2n1C(=O)OC(C)(C)C. The van der Waals surface area contributed by atoms with Gasteiger partial charge < -0.3 is 14.8 Å². The standard InChI is InChI=1S/C26H28Cl2N2O5/c1-6-34-24(32)23-22(29-15(2)12-20(31)16-10-8-7-9-11-16)21-18(28)13-17(27)14-19(21)30(23)25(33)35-26(3,4)5/h7-11,13-15,29H,6,12H2,1-5H3. The average molecular weight is 519 g/mol. The van der Waals surface area contributed by atoms with Crippen molar-refractivity contribution in [3.63, 3.8) is 0 Å². The van der Waals surface area contributed by atoms with Crippen molar-refractivity contribution in [2.24, 2.45) is 0 Å². The maximum absolute atomic E-state index is 13.3. The molecule has 1 atom stereocenters. The number of carbonyl (C=O) groups is 3. The second-order valence-corrected chi connectivity index (χ2v) is 9.92. The van der Waals surface area contributed by atoms with Crippen LogP contribution in [0.25, 0.3) is 10.9 Å². The topological polar surface area (TPSA) is 86.6 Å². The van der Waals surface area contributed by atoms with Crippen molar-refractivity contribution in [3.8, 4) is 0 Å². The molecule has 186 valence electrons. The molecule has 1 unspecified atom stereocenters. The van der Waals surface area contributed by atoms with Crippen LogP contribution in [0.1, 0.15) is 61.9 Å². The Labute approximate surface area is 214 Å². The number of ketones is 1. The lowest BCUT2D eigenvalue weighted by Crippen LogP contribution is -2.29. The van der Waals surface area contributed by atoms with Gasteiger partial charge in [-0.05, 0) is 46.8 Å². The van der Waals surface area contributed by atoms with Crippen LogP contribution in [-0.2, 0) is 9.47 Å². The maximum atomic E-state index is 13.3. The minimum atomic E-state index is -0.828. The molecule has 35 heavy (non-hydrogen) atoms. The molecular weight excluding hydrogens is 491 g/mol. The van der Waals surface area contributed by atoms with Crippen molar-refractivity contribution in [1.82, 2.24) is 4.57 Å². The van der Waals surface area contributed by atoms with Crippen LogP contribution in [0, 0.1) is 0 Å². The predicted molar refractivity (Wildman–Crippen MR) is 138 cm³/mol. The Bertz CT molecular complexity index is 1260. The van der Waals surface area contributed by atoms with Crippen LogP contribution in [0.2, 0.25) is 10.0 Å². The number of aromatic nitrogens is 1. The summed E-state index contributed by atoms with van der Waals surface area (Å²) in [5, 5.41) is 4.11. The number of halogens is 2. The van der Waals surface area contributed by atoms with Gasteiger partial charge in [0.05, 0.1) is 22.8 Å². The van der Waals surface area contributed by atoms with Crippen molar-refractivity contribution >= 4 is 57.6 Å². The molecule has 3 rings (SSSR count). The number of hydrogen-bond donors (Lipinski definition) is 1. The van der Waals surface area contributed by atoms with E-state index < -0.39 is 23.7 Å². The predicted octanol–water partition coefficient (Wildman–Crippen LogP) is 6.98. The van der Waals surface area contributed by atoms with E-state index in [-0.39, 0.29) is 45.8 Å². The van der Waals surface area contributed by atoms with Crippen LogP contribution in [0.3, 0.4) is 0 Å². The van der Waals surface area contributed by atoms with Gasteiger partial charge in [0.1, 0.15) is 5.60 Å². The second kappa shape index (κ2) is 10.7. The summed E-state index contributed by atoms with van der Waals surface area (Å²) in [5.41, 5.74) is 0.209. The summed E-state index contributed by atoms with van der Waals surface area (Å²) >= 11 is 12.8. The van der Waals surface area contributed by atoms with Crippen LogP contribution in [0.15, 0.2) is 42.5 Å². The van der Waals surface area contributed by atoms with Crippen molar-refractivity contribution < 1.29 is 23.9 Å². The molecule has 7 nitrogen and oxygen atoms in total. The van der Waals surface area contributed by atoms with Crippen molar-refractivity contribution in [3.05, 3.63) is 63.8 Å². The molecule has 0 spiro atoms. The van der Waals surface area contributed by atoms with Crippen LogP contribution in [0.4, 0.5) is 10.5 Å². The fraction of sp³-hybridized carbons (Fsp3) is 0.346. The first-order valence-corrected chi connectivity index (χ1v) is 12.0. The summed E-state index contributed by atoms with van der Waals surface area (Å²) in [5.74, 6) is -0.820. The number of carbonyl (C=O) groups excluding carboxylic acids is 3.